The third kappa shape index (κ3) is 3.11. The first-order valence-corrected chi connectivity index (χ1v) is 10.0. The van der Waals surface area contributed by atoms with Crippen molar-refractivity contribution in [2.24, 2.45) is 5.10 Å². The molecule has 1 aliphatic carbocycles. The summed E-state index contributed by atoms with van der Waals surface area (Å²) in [6.07, 6.45) is 2.52. The molecule has 4 rings (SSSR count). The lowest BCUT2D eigenvalue weighted by Gasteiger charge is -2.29. The summed E-state index contributed by atoms with van der Waals surface area (Å²) in [6.45, 7) is 0. The minimum atomic E-state index is -0.824. The second kappa shape index (κ2) is 6.53. The summed E-state index contributed by atoms with van der Waals surface area (Å²) in [5, 5.41) is 17.8. The molecule has 1 fully saturated rings. The molecule has 25 heavy (non-hydrogen) atoms. The number of hydrazone groups is 1. The van der Waals surface area contributed by atoms with Gasteiger partial charge in [0.05, 0.1) is 11.4 Å². The highest BCUT2D eigenvalue weighted by molar-refractivity contribution is 9.18. The van der Waals surface area contributed by atoms with E-state index in [0.717, 1.165) is 5.69 Å². The van der Waals surface area contributed by atoms with Gasteiger partial charge in [0.25, 0.3) is 0 Å². The Hall–Kier alpha value is -1.73. The van der Waals surface area contributed by atoms with Gasteiger partial charge in [0, 0.05) is 12.4 Å². The maximum absolute atomic E-state index is 11.0. The van der Waals surface area contributed by atoms with Gasteiger partial charge in [0.15, 0.2) is 10.2 Å². The van der Waals surface area contributed by atoms with Crippen LogP contribution < -0.4 is 4.90 Å². The van der Waals surface area contributed by atoms with E-state index in [-0.39, 0.29) is 11.3 Å². The molecule has 0 spiro atoms. The van der Waals surface area contributed by atoms with Gasteiger partial charge in [-0.05, 0) is 51.7 Å². The Kier molecular flexibility index (Phi) is 4.37. The largest absolute Gasteiger partial charge is 0.481 e. The van der Waals surface area contributed by atoms with Gasteiger partial charge in [0.1, 0.15) is 0 Å². The van der Waals surface area contributed by atoms with Gasteiger partial charge in [0.2, 0.25) is 0 Å². The third-order valence-corrected chi connectivity index (χ3v) is 6.32. The molecular weight excluding hydrogens is 402 g/mol. The molecule has 2 aliphatic rings. The normalized spacial score (nSPS) is 20.2. The number of fused-ring (bicyclic) bond motifs is 1. The molecule has 2 aromatic carbocycles. The summed E-state index contributed by atoms with van der Waals surface area (Å²) in [4.78, 5) is 13.1. The number of carboxylic acids is 1. The highest BCUT2D eigenvalue weighted by atomic mass is 79.9. The Morgan fingerprint density at radius 2 is 2.00 bits per heavy atom. The molecule has 5 nitrogen and oxygen atoms in total. The van der Waals surface area contributed by atoms with Crippen molar-refractivity contribution in [3.8, 4) is 0 Å². The third-order valence-electron chi connectivity index (χ3n) is 4.55. The van der Waals surface area contributed by atoms with Crippen molar-refractivity contribution in [1.29, 1.82) is 0 Å². The van der Waals surface area contributed by atoms with Crippen LogP contribution in [0.2, 0.25) is 0 Å². The van der Waals surface area contributed by atoms with Crippen LogP contribution in [0.1, 0.15) is 24.3 Å². The Morgan fingerprint density at radius 3 is 2.68 bits per heavy atom. The second-order valence-corrected chi connectivity index (χ2v) is 8.09. The molecule has 1 saturated carbocycles. The van der Waals surface area contributed by atoms with Crippen LogP contribution in [-0.2, 0) is 4.79 Å². The maximum Gasteiger partial charge on any atom is 0.313 e. The molecule has 1 aliphatic heterocycles. The number of amidine groups is 1. The van der Waals surface area contributed by atoms with Crippen LogP contribution in [0.5, 0.6) is 0 Å². The topological polar surface area (TPSA) is 56.1 Å². The van der Waals surface area contributed by atoms with E-state index in [9.17, 15) is 4.79 Å². The molecule has 1 unspecified atom stereocenters. The molecule has 130 valence electrons. The van der Waals surface area contributed by atoms with Crippen LogP contribution >= 0.6 is 27.7 Å². The first-order chi connectivity index (χ1) is 12.1. The standard InChI is InChI=1S/C18H18BrN3O2S/c1-21-18(25-10-16(23)24)22(17(19)20-21)15-9-8-12(11-6-7-11)13-4-2-3-5-14(13)15/h2-5,8-9,11,18H,6-7,10H2,1H3,(H,23,24). The first kappa shape index (κ1) is 16.7. The number of carbonyl (C=O) groups is 1. The fraction of sp³-hybridized carbons (Fsp3) is 0.333. The van der Waals surface area contributed by atoms with Gasteiger partial charge in [-0.15, -0.1) is 16.9 Å². The second-order valence-electron chi connectivity index (χ2n) is 6.34. The van der Waals surface area contributed by atoms with Crippen molar-refractivity contribution in [3.05, 3.63) is 42.0 Å². The van der Waals surface area contributed by atoms with Crippen molar-refractivity contribution in [3.63, 3.8) is 0 Å². The molecule has 0 radical (unpaired) electrons. The number of rotatable bonds is 5. The van der Waals surface area contributed by atoms with Crippen LogP contribution in [0.15, 0.2) is 41.5 Å². The number of nitrogens with zero attached hydrogens (tertiary/aromatic N) is 3. The number of anilines is 1. The fourth-order valence-electron chi connectivity index (χ4n) is 3.30. The van der Waals surface area contributed by atoms with Crippen LogP contribution in [0.4, 0.5) is 5.69 Å². The number of carboxylic acid groups (broad SMARTS) is 1. The number of benzene rings is 2. The van der Waals surface area contributed by atoms with E-state index in [1.54, 1.807) is 5.01 Å². The Morgan fingerprint density at radius 1 is 1.28 bits per heavy atom. The molecule has 0 saturated heterocycles. The zero-order valence-electron chi connectivity index (χ0n) is 13.7. The minimum absolute atomic E-state index is 0.0272. The van der Waals surface area contributed by atoms with Crippen molar-refractivity contribution in [1.82, 2.24) is 5.01 Å². The number of hydrogen-bond donors (Lipinski definition) is 1. The monoisotopic (exact) mass is 419 g/mol. The van der Waals surface area contributed by atoms with Crippen molar-refractivity contribution < 1.29 is 9.90 Å². The molecule has 1 heterocycles. The predicted molar refractivity (Wildman–Crippen MR) is 106 cm³/mol. The van der Waals surface area contributed by atoms with Crippen LogP contribution in [-0.4, -0.2) is 39.1 Å². The van der Waals surface area contributed by atoms with Gasteiger partial charge in [-0.25, -0.2) is 0 Å². The van der Waals surface area contributed by atoms with E-state index in [0.29, 0.717) is 10.7 Å². The van der Waals surface area contributed by atoms with E-state index >= 15 is 0 Å². The molecule has 0 aromatic heterocycles. The van der Waals surface area contributed by atoms with Crippen molar-refractivity contribution >= 4 is 54.9 Å². The summed E-state index contributed by atoms with van der Waals surface area (Å²) >= 11 is 4.89. The van der Waals surface area contributed by atoms with E-state index < -0.39 is 5.97 Å². The number of thioether (sulfide) groups is 1. The SMILES string of the molecule is CN1N=C(Br)N(c2ccc(C3CC3)c3ccccc23)C1SCC(=O)O. The van der Waals surface area contributed by atoms with E-state index in [2.05, 4.69) is 56.3 Å². The smallest absolute Gasteiger partial charge is 0.313 e. The van der Waals surface area contributed by atoms with E-state index in [1.807, 2.05) is 13.1 Å². The lowest BCUT2D eigenvalue weighted by Crippen LogP contribution is -2.38. The molecule has 1 atom stereocenters. The Bertz CT molecular complexity index is 869. The maximum atomic E-state index is 11.0. The summed E-state index contributed by atoms with van der Waals surface area (Å²) in [5.41, 5.74) is 2.26. The highest BCUT2D eigenvalue weighted by Crippen LogP contribution is 2.46. The number of aliphatic carboxylic acids is 1. The average Bonchev–Trinajstić information content (AvgIpc) is 3.38. The number of hydrogen-bond acceptors (Lipinski definition) is 5. The average molecular weight is 420 g/mol. The van der Waals surface area contributed by atoms with Gasteiger partial charge >= 0.3 is 5.97 Å². The van der Waals surface area contributed by atoms with E-state index in [4.69, 9.17) is 5.11 Å². The van der Waals surface area contributed by atoms with Gasteiger partial charge in [-0.2, -0.15) is 0 Å². The highest BCUT2D eigenvalue weighted by Gasteiger charge is 2.34. The van der Waals surface area contributed by atoms with E-state index in [1.165, 1.54) is 40.9 Å². The zero-order chi connectivity index (χ0) is 17.6. The van der Waals surface area contributed by atoms with Crippen LogP contribution in [0.25, 0.3) is 10.8 Å². The van der Waals surface area contributed by atoms with Crippen molar-refractivity contribution in [2.45, 2.75) is 24.3 Å². The summed E-state index contributed by atoms with van der Waals surface area (Å²) in [7, 11) is 1.86. The quantitative estimate of drug-likeness (QED) is 0.734. The van der Waals surface area contributed by atoms with Gasteiger partial charge in [-0.1, -0.05) is 30.3 Å². The zero-order valence-corrected chi connectivity index (χ0v) is 16.1. The minimum Gasteiger partial charge on any atom is -0.481 e. The molecule has 2 aromatic rings. The molecule has 0 bridgehead atoms. The number of halogens is 1. The molecular formula is C18H18BrN3O2S. The van der Waals surface area contributed by atoms with Crippen molar-refractivity contribution in [2.75, 3.05) is 17.7 Å². The lowest BCUT2D eigenvalue weighted by molar-refractivity contribution is -0.133. The first-order valence-electron chi connectivity index (χ1n) is 8.17. The van der Waals surface area contributed by atoms with Gasteiger partial charge in [-0.3, -0.25) is 14.7 Å². The lowest BCUT2D eigenvalue weighted by atomic mass is 9.99. The molecule has 0 amide bonds. The fourth-order valence-corrected chi connectivity index (χ4v) is 4.99. The Balaban J connectivity index is 1.78. The van der Waals surface area contributed by atoms with Gasteiger partial charge < -0.3 is 5.11 Å². The molecule has 7 heteroatoms. The summed E-state index contributed by atoms with van der Waals surface area (Å²) in [6, 6.07) is 12.8. The van der Waals surface area contributed by atoms with Crippen LogP contribution in [0, 0.1) is 0 Å². The molecule has 1 N–H and O–H groups in total. The Labute approximate surface area is 158 Å². The predicted octanol–water partition coefficient (Wildman–Crippen LogP) is 4.24. The summed E-state index contributed by atoms with van der Waals surface area (Å²) in [5.74, 6) is -0.121. The van der Waals surface area contributed by atoms with Crippen LogP contribution in [0.3, 0.4) is 0 Å². The summed E-state index contributed by atoms with van der Waals surface area (Å²) < 4.78 is 0.696.